The Balaban J connectivity index is 1.90. The number of aromatic amines is 2. The molecule has 1 aliphatic heterocycles. The van der Waals surface area contributed by atoms with Gasteiger partial charge in [0.25, 0.3) is 5.56 Å². The Morgan fingerprint density at radius 1 is 1.40 bits per heavy atom. The Morgan fingerprint density at radius 3 is 2.95 bits per heavy atom. The van der Waals surface area contributed by atoms with E-state index < -0.39 is 18.2 Å². The van der Waals surface area contributed by atoms with Gasteiger partial charge in [0.05, 0.1) is 36.7 Å². The number of hydrogen-bond donors (Lipinski definition) is 5. The van der Waals surface area contributed by atoms with E-state index >= 15 is 0 Å². The standard InChI is InChI=1S/C12H16N4O4/c17-4-7-11(19)8(18)3-16(7)2-6-1-13-10-9(6)14-5-15-12(10)20/h1,5,7-8,11,13,17-19H,2-4H2,(H,14,15,20)/t7-,8?,11?/m1/s1. The summed E-state index contributed by atoms with van der Waals surface area (Å²) in [6.45, 7) is 0.409. The van der Waals surface area contributed by atoms with E-state index in [9.17, 15) is 20.1 Å². The minimum atomic E-state index is -0.971. The van der Waals surface area contributed by atoms with E-state index in [1.54, 1.807) is 11.1 Å². The zero-order valence-corrected chi connectivity index (χ0v) is 10.7. The predicted octanol–water partition coefficient (Wildman–Crippen LogP) is -1.85. The molecule has 108 valence electrons. The zero-order valence-electron chi connectivity index (χ0n) is 10.7. The first-order valence-corrected chi connectivity index (χ1v) is 6.36. The van der Waals surface area contributed by atoms with Crippen LogP contribution >= 0.6 is 0 Å². The molecule has 0 bridgehead atoms. The molecule has 8 heteroatoms. The van der Waals surface area contributed by atoms with Crippen LogP contribution in [-0.4, -0.2) is 66.6 Å². The minimum absolute atomic E-state index is 0.241. The molecule has 8 nitrogen and oxygen atoms in total. The van der Waals surface area contributed by atoms with Gasteiger partial charge in [0.1, 0.15) is 5.52 Å². The topological polar surface area (TPSA) is 125 Å². The van der Waals surface area contributed by atoms with Crippen molar-refractivity contribution in [1.29, 1.82) is 0 Å². The maximum absolute atomic E-state index is 11.6. The largest absolute Gasteiger partial charge is 0.395 e. The quantitative estimate of drug-likeness (QED) is 0.449. The Morgan fingerprint density at radius 2 is 2.20 bits per heavy atom. The third-order valence-corrected chi connectivity index (χ3v) is 3.79. The van der Waals surface area contributed by atoms with Crippen LogP contribution in [0.3, 0.4) is 0 Å². The molecule has 1 aliphatic rings. The van der Waals surface area contributed by atoms with Gasteiger partial charge in [-0.1, -0.05) is 0 Å². The van der Waals surface area contributed by atoms with Crippen molar-refractivity contribution < 1.29 is 15.3 Å². The lowest BCUT2D eigenvalue weighted by atomic mass is 10.1. The third kappa shape index (κ3) is 2.02. The number of aliphatic hydroxyl groups is 3. The van der Waals surface area contributed by atoms with E-state index in [2.05, 4.69) is 15.0 Å². The molecule has 5 N–H and O–H groups in total. The number of β-amino-alcohol motifs (C(OH)–C–C–N with tert-alkyl or cyclic N) is 1. The molecule has 3 atom stereocenters. The number of fused-ring (bicyclic) bond motifs is 1. The van der Waals surface area contributed by atoms with Gasteiger partial charge >= 0.3 is 0 Å². The van der Waals surface area contributed by atoms with E-state index in [-0.39, 0.29) is 18.7 Å². The number of likely N-dealkylation sites (tertiary alicyclic amines) is 1. The van der Waals surface area contributed by atoms with E-state index in [1.807, 2.05) is 0 Å². The van der Waals surface area contributed by atoms with Crippen LogP contribution in [0.15, 0.2) is 17.3 Å². The first-order chi connectivity index (χ1) is 9.61. The maximum atomic E-state index is 11.6. The van der Waals surface area contributed by atoms with Gasteiger partial charge in [0.15, 0.2) is 0 Å². The highest BCUT2D eigenvalue weighted by atomic mass is 16.3. The molecular formula is C12H16N4O4. The van der Waals surface area contributed by atoms with E-state index in [1.165, 1.54) is 6.33 Å². The molecule has 20 heavy (non-hydrogen) atoms. The summed E-state index contributed by atoms with van der Waals surface area (Å²) in [5.41, 5.74) is 1.48. The summed E-state index contributed by atoms with van der Waals surface area (Å²) < 4.78 is 0. The van der Waals surface area contributed by atoms with Crippen LogP contribution in [0.1, 0.15) is 5.56 Å². The summed E-state index contributed by atoms with van der Waals surface area (Å²) in [5.74, 6) is 0. The molecule has 1 saturated heterocycles. The number of aromatic nitrogens is 3. The predicted molar refractivity (Wildman–Crippen MR) is 70.0 cm³/mol. The molecule has 2 unspecified atom stereocenters. The number of nitrogens with zero attached hydrogens (tertiary/aromatic N) is 2. The molecule has 0 amide bonds. The lowest BCUT2D eigenvalue weighted by molar-refractivity contribution is 0.0210. The molecule has 0 aliphatic carbocycles. The molecule has 0 spiro atoms. The van der Waals surface area contributed by atoms with Crippen molar-refractivity contribution in [2.75, 3.05) is 13.2 Å². The molecule has 1 fully saturated rings. The second-order valence-corrected chi connectivity index (χ2v) is 5.01. The van der Waals surface area contributed by atoms with Crippen LogP contribution in [0.25, 0.3) is 11.0 Å². The molecule has 0 saturated carbocycles. The Hall–Kier alpha value is -1.74. The molecule has 3 heterocycles. The van der Waals surface area contributed by atoms with Crippen molar-refractivity contribution in [3.63, 3.8) is 0 Å². The number of aliphatic hydroxyl groups excluding tert-OH is 3. The van der Waals surface area contributed by atoms with Gasteiger partial charge in [-0.15, -0.1) is 0 Å². The van der Waals surface area contributed by atoms with Crippen molar-refractivity contribution >= 4 is 11.0 Å². The Bertz CT molecular complexity index is 667. The molecule has 0 aromatic carbocycles. The van der Waals surface area contributed by atoms with Crippen molar-refractivity contribution in [3.8, 4) is 0 Å². The highest BCUT2D eigenvalue weighted by Gasteiger charge is 2.39. The zero-order chi connectivity index (χ0) is 14.3. The summed E-state index contributed by atoms with van der Waals surface area (Å²) in [4.78, 5) is 22.9. The van der Waals surface area contributed by atoms with Crippen LogP contribution in [0.5, 0.6) is 0 Å². The third-order valence-electron chi connectivity index (χ3n) is 3.79. The summed E-state index contributed by atoms with van der Waals surface area (Å²) in [6.07, 6.45) is 1.16. The fourth-order valence-corrected chi connectivity index (χ4v) is 2.71. The van der Waals surface area contributed by atoms with Crippen LogP contribution in [-0.2, 0) is 6.54 Å². The Kier molecular flexibility index (Phi) is 3.30. The molecule has 3 rings (SSSR count). The number of rotatable bonds is 3. The minimum Gasteiger partial charge on any atom is -0.395 e. The highest BCUT2D eigenvalue weighted by Crippen LogP contribution is 2.23. The lowest BCUT2D eigenvalue weighted by Crippen LogP contribution is -2.38. The summed E-state index contributed by atoms with van der Waals surface area (Å²) in [5, 5.41) is 28.8. The number of hydrogen-bond acceptors (Lipinski definition) is 6. The second-order valence-electron chi connectivity index (χ2n) is 5.01. The van der Waals surface area contributed by atoms with Gasteiger partial charge in [0, 0.05) is 24.8 Å². The first-order valence-electron chi connectivity index (χ1n) is 6.36. The van der Waals surface area contributed by atoms with Gasteiger partial charge in [0.2, 0.25) is 0 Å². The smallest absolute Gasteiger partial charge is 0.275 e. The Labute approximate surface area is 113 Å². The SMILES string of the molecule is O=c1[nH]cnc2c(CN3CC(O)C(O)[C@H]3CO)c[nH]c12. The van der Waals surface area contributed by atoms with Crippen LogP contribution in [0, 0.1) is 0 Å². The lowest BCUT2D eigenvalue weighted by Gasteiger charge is -2.23. The van der Waals surface area contributed by atoms with Crippen LogP contribution < -0.4 is 5.56 Å². The maximum Gasteiger partial charge on any atom is 0.275 e. The average Bonchev–Trinajstić information content (AvgIpc) is 2.94. The molecule has 2 aromatic heterocycles. The van der Waals surface area contributed by atoms with Crippen LogP contribution in [0.4, 0.5) is 0 Å². The molecule has 2 aromatic rings. The van der Waals surface area contributed by atoms with E-state index in [4.69, 9.17) is 0 Å². The van der Waals surface area contributed by atoms with Gasteiger partial charge in [-0.3, -0.25) is 9.69 Å². The van der Waals surface area contributed by atoms with Crippen molar-refractivity contribution in [3.05, 3.63) is 28.4 Å². The average molecular weight is 280 g/mol. The van der Waals surface area contributed by atoms with Gasteiger partial charge in [-0.2, -0.15) is 0 Å². The van der Waals surface area contributed by atoms with Gasteiger partial charge in [-0.05, 0) is 0 Å². The fraction of sp³-hybridized carbons (Fsp3) is 0.500. The summed E-state index contributed by atoms with van der Waals surface area (Å²) in [7, 11) is 0. The summed E-state index contributed by atoms with van der Waals surface area (Å²) >= 11 is 0. The van der Waals surface area contributed by atoms with E-state index in [0.717, 1.165) is 5.56 Å². The van der Waals surface area contributed by atoms with Gasteiger partial charge < -0.3 is 25.3 Å². The van der Waals surface area contributed by atoms with Crippen molar-refractivity contribution in [2.45, 2.75) is 24.8 Å². The number of nitrogens with one attached hydrogen (secondary N) is 2. The second kappa shape index (κ2) is 4.98. The fourth-order valence-electron chi connectivity index (χ4n) is 2.71. The first kappa shape index (κ1) is 13.3. The van der Waals surface area contributed by atoms with Crippen molar-refractivity contribution in [2.24, 2.45) is 0 Å². The van der Waals surface area contributed by atoms with Crippen LogP contribution in [0.2, 0.25) is 0 Å². The van der Waals surface area contributed by atoms with E-state index in [0.29, 0.717) is 17.6 Å². The number of H-pyrrole nitrogens is 2. The summed E-state index contributed by atoms with van der Waals surface area (Å²) in [6, 6.07) is -0.517. The monoisotopic (exact) mass is 280 g/mol. The highest BCUT2D eigenvalue weighted by molar-refractivity contribution is 5.77. The van der Waals surface area contributed by atoms with Gasteiger partial charge in [-0.25, -0.2) is 4.98 Å². The van der Waals surface area contributed by atoms with Crippen molar-refractivity contribution in [1.82, 2.24) is 19.9 Å². The molecular weight excluding hydrogens is 264 g/mol. The molecule has 0 radical (unpaired) electrons. The normalized spacial score (nSPS) is 27.4.